The SMILES string of the molecule is Nc1ccc2nc(-c3nc(NC4CCC4)c4[nH]cnc4n3)ccc2c1. The van der Waals surface area contributed by atoms with Gasteiger partial charge in [0.15, 0.2) is 17.3 Å². The highest BCUT2D eigenvalue weighted by atomic mass is 15.1. The van der Waals surface area contributed by atoms with Crippen LogP contribution in [0.25, 0.3) is 33.6 Å². The summed E-state index contributed by atoms with van der Waals surface area (Å²) in [7, 11) is 0. The van der Waals surface area contributed by atoms with Crippen molar-refractivity contribution in [1.29, 1.82) is 0 Å². The number of benzene rings is 1. The van der Waals surface area contributed by atoms with Crippen LogP contribution in [0.15, 0.2) is 36.7 Å². The van der Waals surface area contributed by atoms with Crippen LogP contribution in [0.4, 0.5) is 11.5 Å². The van der Waals surface area contributed by atoms with Gasteiger partial charge in [-0.05, 0) is 43.5 Å². The fourth-order valence-corrected chi connectivity index (χ4v) is 3.07. The molecule has 1 saturated carbocycles. The predicted molar refractivity (Wildman–Crippen MR) is 98.1 cm³/mol. The molecule has 0 aliphatic heterocycles. The monoisotopic (exact) mass is 331 g/mol. The zero-order valence-corrected chi connectivity index (χ0v) is 13.5. The number of nitrogens with two attached hydrogens (primary N) is 1. The van der Waals surface area contributed by atoms with E-state index >= 15 is 0 Å². The molecule has 25 heavy (non-hydrogen) atoms. The molecule has 0 bridgehead atoms. The first-order valence-electron chi connectivity index (χ1n) is 8.40. The molecule has 7 nitrogen and oxygen atoms in total. The summed E-state index contributed by atoms with van der Waals surface area (Å²) in [4.78, 5) is 21.4. The van der Waals surface area contributed by atoms with Gasteiger partial charge in [-0.3, -0.25) is 0 Å². The van der Waals surface area contributed by atoms with Crippen LogP contribution >= 0.6 is 0 Å². The summed E-state index contributed by atoms with van der Waals surface area (Å²) in [6.45, 7) is 0. The van der Waals surface area contributed by atoms with Crippen LogP contribution in [0.1, 0.15) is 19.3 Å². The third kappa shape index (κ3) is 2.44. The number of aromatic amines is 1. The number of anilines is 2. The first-order valence-corrected chi connectivity index (χ1v) is 8.40. The number of nitrogens with zero attached hydrogens (tertiary/aromatic N) is 4. The normalized spacial score (nSPS) is 14.7. The number of pyridine rings is 1. The molecule has 7 heteroatoms. The molecule has 5 rings (SSSR count). The Morgan fingerprint density at radius 1 is 1.08 bits per heavy atom. The summed E-state index contributed by atoms with van der Waals surface area (Å²) in [5.41, 5.74) is 9.63. The highest BCUT2D eigenvalue weighted by Gasteiger charge is 2.20. The van der Waals surface area contributed by atoms with Crippen molar-refractivity contribution in [2.45, 2.75) is 25.3 Å². The third-order valence-electron chi connectivity index (χ3n) is 4.67. The van der Waals surface area contributed by atoms with E-state index in [-0.39, 0.29) is 0 Å². The summed E-state index contributed by atoms with van der Waals surface area (Å²) in [6, 6.07) is 10.1. The average molecular weight is 331 g/mol. The molecule has 0 amide bonds. The van der Waals surface area contributed by atoms with E-state index in [1.54, 1.807) is 6.33 Å². The standard InChI is InChI=1S/C18H17N7/c19-11-5-7-13-10(8-11)4-6-14(23-13)16-24-17-15(20-9-21-17)18(25-16)22-12-2-1-3-12/h4-9,12H,1-3,19H2,(H2,20,21,22,24,25). The van der Waals surface area contributed by atoms with Gasteiger partial charge in [0.1, 0.15) is 11.2 Å². The van der Waals surface area contributed by atoms with Gasteiger partial charge in [-0.25, -0.2) is 19.9 Å². The van der Waals surface area contributed by atoms with Gasteiger partial charge in [-0.1, -0.05) is 6.07 Å². The van der Waals surface area contributed by atoms with E-state index in [9.17, 15) is 0 Å². The maximum atomic E-state index is 5.84. The van der Waals surface area contributed by atoms with Crippen LogP contribution in [-0.4, -0.2) is 31.0 Å². The van der Waals surface area contributed by atoms with Crippen LogP contribution in [0.2, 0.25) is 0 Å². The van der Waals surface area contributed by atoms with Crippen LogP contribution in [0.5, 0.6) is 0 Å². The quantitative estimate of drug-likeness (QED) is 0.498. The topological polar surface area (TPSA) is 105 Å². The summed E-state index contributed by atoms with van der Waals surface area (Å²) in [6.07, 6.45) is 5.25. The summed E-state index contributed by atoms with van der Waals surface area (Å²) in [5.74, 6) is 1.36. The Morgan fingerprint density at radius 2 is 2.00 bits per heavy atom. The van der Waals surface area contributed by atoms with E-state index in [0.717, 1.165) is 33.6 Å². The number of H-pyrrole nitrogens is 1. The minimum Gasteiger partial charge on any atom is -0.399 e. The lowest BCUT2D eigenvalue weighted by molar-refractivity contribution is 0.445. The van der Waals surface area contributed by atoms with E-state index in [1.807, 2.05) is 30.3 Å². The highest BCUT2D eigenvalue weighted by molar-refractivity contribution is 5.86. The molecule has 0 saturated heterocycles. The van der Waals surface area contributed by atoms with Crippen molar-refractivity contribution in [3.8, 4) is 11.5 Å². The first-order chi connectivity index (χ1) is 12.3. The van der Waals surface area contributed by atoms with E-state index < -0.39 is 0 Å². The van der Waals surface area contributed by atoms with Crippen LogP contribution in [0.3, 0.4) is 0 Å². The Hall–Kier alpha value is -3.22. The Balaban J connectivity index is 1.62. The molecule has 4 N–H and O–H groups in total. The molecule has 1 aliphatic carbocycles. The van der Waals surface area contributed by atoms with Gasteiger partial charge in [0.05, 0.1) is 11.8 Å². The van der Waals surface area contributed by atoms with Crippen LogP contribution < -0.4 is 11.1 Å². The third-order valence-corrected chi connectivity index (χ3v) is 4.67. The van der Waals surface area contributed by atoms with Crippen molar-refractivity contribution < 1.29 is 0 Å². The largest absolute Gasteiger partial charge is 0.399 e. The Morgan fingerprint density at radius 3 is 2.84 bits per heavy atom. The average Bonchev–Trinajstić information content (AvgIpc) is 3.06. The molecule has 1 aromatic carbocycles. The highest BCUT2D eigenvalue weighted by Crippen LogP contribution is 2.28. The summed E-state index contributed by atoms with van der Waals surface area (Å²) < 4.78 is 0. The van der Waals surface area contributed by atoms with Crippen molar-refractivity contribution >= 4 is 33.6 Å². The number of rotatable bonds is 3. The first kappa shape index (κ1) is 14.2. The molecule has 0 unspecified atom stereocenters. The van der Waals surface area contributed by atoms with E-state index in [2.05, 4.69) is 25.3 Å². The Bertz CT molecular complexity index is 1080. The fourth-order valence-electron chi connectivity index (χ4n) is 3.07. The molecule has 0 radical (unpaired) electrons. The van der Waals surface area contributed by atoms with E-state index in [1.165, 1.54) is 19.3 Å². The molecule has 4 aromatic rings. The zero-order chi connectivity index (χ0) is 16.8. The van der Waals surface area contributed by atoms with E-state index in [0.29, 0.717) is 17.5 Å². The number of aromatic nitrogens is 5. The number of hydrogen-bond acceptors (Lipinski definition) is 6. The molecule has 3 aromatic heterocycles. The molecule has 1 fully saturated rings. The van der Waals surface area contributed by atoms with Crippen molar-refractivity contribution in [3.05, 3.63) is 36.7 Å². The maximum absolute atomic E-state index is 5.84. The van der Waals surface area contributed by atoms with Crippen molar-refractivity contribution in [2.75, 3.05) is 11.1 Å². The predicted octanol–water partition coefficient (Wildman–Crippen LogP) is 3.11. The van der Waals surface area contributed by atoms with Crippen molar-refractivity contribution in [2.24, 2.45) is 0 Å². The van der Waals surface area contributed by atoms with Gasteiger partial charge in [-0.2, -0.15) is 0 Å². The van der Waals surface area contributed by atoms with Gasteiger partial charge >= 0.3 is 0 Å². The van der Waals surface area contributed by atoms with Crippen LogP contribution in [0, 0.1) is 0 Å². The lowest BCUT2D eigenvalue weighted by Gasteiger charge is -2.27. The van der Waals surface area contributed by atoms with Crippen molar-refractivity contribution in [3.63, 3.8) is 0 Å². The van der Waals surface area contributed by atoms with Crippen molar-refractivity contribution in [1.82, 2.24) is 24.9 Å². The van der Waals surface area contributed by atoms with Gasteiger partial charge in [-0.15, -0.1) is 0 Å². The number of fused-ring (bicyclic) bond motifs is 2. The minimum absolute atomic E-state index is 0.474. The van der Waals surface area contributed by atoms with Crippen LogP contribution in [-0.2, 0) is 0 Å². The summed E-state index contributed by atoms with van der Waals surface area (Å²) in [5, 5.41) is 4.49. The number of nitrogens with one attached hydrogen (secondary N) is 2. The minimum atomic E-state index is 0.474. The Kier molecular flexibility index (Phi) is 3.06. The van der Waals surface area contributed by atoms with Gasteiger partial charge < -0.3 is 16.0 Å². The molecular formula is C18H17N7. The smallest absolute Gasteiger partial charge is 0.183 e. The lowest BCUT2D eigenvalue weighted by atomic mass is 9.93. The second-order valence-corrected chi connectivity index (χ2v) is 6.42. The Labute approximate surface area is 143 Å². The molecule has 0 spiro atoms. The molecule has 0 atom stereocenters. The van der Waals surface area contributed by atoms with E-state index in [4.69, 9.17) is 10.7 Å². The second-order valence-electron chi connectivity index (χ2n) is 6.42. The van der Waals surface area contributed by atoms with Gasteiger partial charge in [0.2, 0.25) is 0 Å². The fraction of sp³-hybridized carbons (Fsp3) is 0.222. The molecule has 124 valence electrons. The second kappa shape index (κ2) is 5.41. The zero-order valence-electron chi connectivity index (χ0n) is 13.5. The molecule has 3 heterocycles. The number of nitrogen functional groups attached to an aromatic ring is 1. The van der Waals surface area contributed by atoms with Gasteiger partial charge in [0, 0.05) is 17.1 Å². The van der Waals surface area contributed by atoms with Gasteiger partial charge in [0.25, 0.3) is 0 Å². The lowest BCUT2D eigenvalue weighted by Crippen LogP contribution is -2.27. The number of hydrogen-bond donors (Lipinski definition) is 3. The number of imidazole rings is 1. The maximum Gasteiger partial charge on any atom is 0.183 e. The summed E-state index contributed by atoms with van der Waals surface area (Å²) >= 11 is 0. The molecular weight excluding hydrogens is 314 g/mol. The molecule has 1 aliphatic rings.